The van der Waals surface area contributed by atoms with Gasteiger partial charge in [-0.3, -0.25) is 4.79 Å². The van der Waals surface area contributed by atoms with Crippen LogP contribution in [0.4, 0.5) is 5.69 Å². The van der Waals surface area contributed by atoms with Crippen LogP contribution in [-0.4, -0.2) is 25.4 Å². The van der Waals surface area contributed by atoms with Gasteiger partial charge in [0.2, 0.25) is 0 Å². The van der Waals surface area contributed by atoms with Gasteiger partial charge < -0.3 is 10.2 Å². The average Bonchev–Trinajstić information content (AvgIpc) is 2.40. The Kier molecular flexibility index (Phi) is 1.97. The highest BCUT2D eigenvalue weighted by atomic mass is 35.5. The van der Waals surface area contributed by atoms with Crippen molar-refractivity contribution in [1.82, 2.24) is 5.32 Å². The maximum atomic E-state index is 11.8. The van der Waals surface area contributed by atoms with Gasteiger partial charge in [-0.2, -0.15) is 0 Å². The number of nitrogens with one attached hydrogen (secondary N) is 1. The first-order valence-electron chi connectivity index (χ1n) is 5.07. The van der Waals surface area contributed by atoms with Gasteiger partial charge >= 0.3 is 0 Å². The lowest BCUT2D eigenvalue weighted by molar-refractivity contribution is 0.101. The third-order valence-electron chi connectivity index (χ3n) is 2.98. The summed E-state index contributed by atoms with van der Waals surface area (Å²) in [6, 6.07) is 3.73. The number of rotatable bonds is 0. The predicted molar refractivity (Wildman–Crippen MR) is 59.7 cm³/mol. The van der Waals surface area contributed by atoms with Gasteiger partial charge in [-0.05, 0) is 17.7 Å². The van der Waals surface area contributed by atoms with E-state index < -0.39 is 0 Å². The van der Waals surface area contributed by atoms with E-state index in [1.807, 2.05) is 6.07 Å². The van der Waals surface area contributed by atoms with Crippen molar-refractivity contribution in [3.05, 3.63) is 28.3 Å². The standard InChI is InChI=1S/C11H11ClN2O/c12-8-3-7-5-13-1-2-14-6-10(15)9(4-8)11(7)14/h3-4,13H,1-2,5-6H2. The summed E-state index contributed by atoms with van der Waals surface area (Å²) in [5, 5.41) is 3.98. The number of halogens is 1. The summed E-state index contributed by atoms with van der Waals surface area (Å²) < 4.78 is 0. The Labute approximate surface area is 93.0 Å². The Balaban J connectivity index is 2.24. The molecule has 4 heteroatoms. The van der Waals surface area contributed by atoms with Crippen molar-refractivity contribution < 1.29 is 4.79 Å². The van der Waals surface area contributed by atoms with E-state index in [1.54, 1.807) is 6.07 Å². The number of Topliss-reactive ketones (excluding diaryl/α,β-unsaturated/α-hetero) is 1. The number of hydrogen-bond donors (Lipinski definition) is 1. The average molecular weight is 223 g/mol. The summed E-state index contributed by atoms with van der Waals surface area (Å²) in [5.74, 6) is 0.190. The smallest absolute Gasteiger partial charge is 0.184 e. The molecule has 1 aromatic rings. The zero-order valence-electron chi connectivity index (χ0n) is 8.22. The third-order valence-corrected chi connectivity index (χ3v) is 3.20. The van der Waals surface area contributed by atoms with Gasteiger partial charge in [0.1, 0.15) is 0 Å². The van der Waals surface area contributed by atoms with Crippen molar-refractivity contribution in [2.45, 2.75) is 6.54 Å². The Morgan fingerprint density at radius 3 is 3.13 bits per heavy atom. The third kappa shape index (κ3) is 1.34. The fourth-order valence-corrected chi connectivity index (χ4v) is 2.58. The molecule has 0 saturated heterocycles. The number of benzene rings is 1. The minimum atomic E-state index is 0.190. The SMILES string of the molecule is O=C1CN2CCNCc3cc(Cl)cc1c32. The molecule has 1 N–H and O–H groups in total. The first-order valence-corrected chi connectivity index (χ1v) is 5.45. The molecule has 2 heterocycles. The largest absolute Gasteiger partial charge is 0.362 e. The lowest BCUT2D eigenvalue weighted by Crippen LogP contribution is -2.28. The van der Waals surface area contributed by atoms with Crippen LogP contribution in [0, 0.1) is 0 Å². The molecule has 0 radical (unpaired) electrons. The van der Waals surface area contributed by atoms with E-state index in [1.165, 1.54) is 0 Å². The van der Waals surface area contributed by atoms with Gasteiger partial charge in [0, 0.05) is 30.2 Å². The van der Waals surface area contributed by atoms with E-state index in [0.717, 1.165) is 36.4 Å². The number of carbonyl (C=O) groups is 1. The molecule has 0 atom stereocenters. The summed E-state index contributed by atoms with van der Waals surface area (Å²) in [6.45, 7) is 3.11. The second-order valence-corrected chi connectivity index (χ2v) is 4.42. The Hall–Kier alpha value is -1.06. The fraction of sp³-hybridized carbons (Fsp3) is 0.364. The second kappa shape index (κ2) is 3.22. The second-order valence-electron chi connectivity index (χ2n) is 3.98. The van der Waals surface area contributed by atoms with E-state index in [9.17, 15) is 4.79 Å². The van der Waals surface area contributed by atoms with E-state index in [-0.39, 0.29) is 5.78 Å². The van der Waals surface area contributed by atoms with Crippen molar-refractivity contribution in [1.29, 1.82) is 0 Å². The molecule has 78 valence electrons. The lowest BCUT2D eigenvalue weighted by Gasteiger charge is -2.17. The summed E-state index contributed by atoms with van der Waals surface area (Å²) in [7, 11) is 0. The molecule has 0 amide bonds. The number of hydrogen-bond acceptors (Lipinski definition) is 3. The normalized spacial score (nSPS) is 19.0. The maximum Gasteiger partial charge on any atom is 0.184 e. The molecule has 0 saturated carbocycles. The fourth-order valence-electron chi connectivity index (χ4n) is 2.34. The molecule has 0 aliphatic carbocycles. The van der Waals surface area contributed by atoms with Crippen LogP contribution in [0.15, 0.2) is 12.1 Å². The van der Waals surface area contributed by atoms with Gasteiger partial charge in [-0.1, -0.05) is 11.6 Å². The predicted octanol–water partition coefficient (Wildman–Crippen LogP) is 1.45. The van der Waals surface area contributed by atoms with Crippen LogP contribution in [0.2, 0.25) is 5.02 Å². The molecule has 0 aromatic heterocycles. The van der Waals surface area contributed by atoms with Crippen LogP contribution >= 0.6 is 11.6 Å². The number of carbonyl (C=O) groups excluding carboxylic acids is 1. The molecule has 0 unspecified atom stereocenters. The van der Waals surface area contributed by atoms with Crippen molar-refractivity contribution in [2.75, 3.05) is 24.5 Å². The van der Waals surface area contributed by atoms with Crippen molar-refractivity contribution in [3.63, 3.8) is 0 Å². The van der Waals surface area contributed by atoms with Gasteiger partial charge in [0.25, 0.3) is 0 Å². The molecular formula is C11H11ClN2O. The summed E-state index contributed by atoms with van der Waals surface area (Å²) in [4.78, 5) is 13.9. The van der Waals surface area contributed by atoms with E-state index in [0.29, 0.717) is 11.6 Å². The van der Waals surface area contributed by atoms with E-state index in [2.05, 4.69) is 10.2 Å². The Bertz CT molecular complexity index is 444. The van der Waals surface area contributed by atoms with Crippen molar-refractivity contribution >= 4 is 23.1 Å². The minimum Gasteiger partial charge on any atom is -0.362 e. The van der Waals surface area contributed by atoms with Crippen LogP contribution < -0.4 is 10.2 Å². The van der Waals surface area contributed by atoms with Crippen LogP contribution in [0.25, 0.3) is 0 Å². The molecular weight excluding hydrogens is 212 g/mol. The van der Waals surface area contributed by atoms with E-state index in [4.69, 9.17) is 11.6 Å². The van der Waals surface area contributed by atoms with Crippen LogP contribution in [0.1, 0.15) is 15.9 Å². The highest BCUT2D eigenvalue weighted by Gasteiger charge is 2.30. The Morgan fingerprint density at radius 1 is 1.40 bits per heavy atom. The lowest BCUT2D eigenvalue weighted by atomic mass is 10.1. The van der Waals surface area contributed by atoms with Gasteiger partial charge in [-0.25, -0.2) is 0 Å². The molecule has 0 bridgehead atoms. The number of anilines is 1. The molecule has 1 aromatic carbocycles. The first-order chi connectivity index (χ1) is 7.25. The molecule has 0 fully saturated rings. The summed E-state index contributed by atoms with van der Waals surface area (Å²) >= 11 is 6.00. The summed E-state index contributed by atoms with van der Waals surface area (Å²) in [6.07, 6.45) is 0. The monoisotopic (exact) mass is 222 g/mol. The van der Waals surface area contributed by atoms with Gasteiger partial charge in [0.05, 0.1) is 12.2 Å². The molecule has 0 spiro atoms. The number of ketones is 1. The first kappa shape index (κ1) is 9.19. The molecule has 2 aliphatic rings. The molecule has 3 nitrogen and oxygen atoms in total. The highest BCUT2D eigenvalue weighted by molar-refractivity contribution is 6.31. The number of nitrogens with zero attached hydrogens (tertiary/aromatic N) is 1. The van der Waals surface area contributed by atoms with Gasteiger partial charge in [0.15, 0.2) is 5.78 Å². The minimum absolute atomic E-state index is 0.190. The quantitative estimate of drug-likeness (QED) is 0.721. The maximum absolute atomic E-state index is 11.8. The van der Waals surface area contributed by atoms with Gasteiger partial charge in [-0.15, -0.1) is 0 Å². The van der Waals surface area contributed by atoms with Crippen LogP contribution in [-0.2, 0) is 6.54 Å². The van der Waals surface area contributed by atoms with Crippen molar-refractivity contribution in [3.8, 4) is 0 Å². The molecule has 3 rings (SSSR count). The van der Waals surface area contributed by atoms with Crippen LogP contribution in [0.5, 0.6) is 0 Å². The molecule has 2 aliphatic heterocycles. The zero-order chi connectivity index (χ0) is 10.4. The molecule has 15 heavy (non-hydrogen) atoms. The Morgan fingerprint density at radius 2 is 2.27 bits per heavy atom. The summed E-state index contributed by atoms with van der Waals surface area (Å²) in [5.41, 5.74) is 3.02. The van der Waals surface area contributed by atoms with Crippen molar-refractivity contribution in [2.24, 2.45) is 0 Å². The van der Waals surface area contributed by atoms with E-state index >= 15 is 0 Å². The topological polar surface area (TPSA) is 32.3 Å². The zero-order valence-corrected chi connectivity index (χ0v) is 8.97. The highest BCUT2D eigenvalue weighted by Crippen LogP contribution is 2.35. The van der Waals surface area contributed by atoms with Crippen LogP contribution in [0.3, 0.4) is 0 Å².